The van der Waals surface area contributed by atoms with E-state index in [1.54, 1.807) is 6.20 Å². The van der Waals surface area contributed by atoms with Crippen LogP contribution in [0, 0.1) is 4.77 Å². The third-order valence-electron chi connectivity index (χ3n) is 5.06. The van der Waals surface area contributed by atoms with Crippen LogP contribution in [-0.2, 0) is 11.4 Å². The predicted molar refractivity (Wildman–Crippen MR) is 101 cm³/mol. The van der Waals surface area contributed by atoms with Crippen LogP contribution < -0.4 is 9.80 Å². The Morgan fingerprint density at radius 1 is 1.08 bits per heavy atom. The van der Waals surface area contributed by atoms with Gasteiger partial charge in [0.15, 0.2) is 12.5 Å². The van der Waals surface area contributed by atoms with Crippen LogP contribution in [0.25, 0.3) is 11.5 Å². The molecule has 0 radical (unpaired) electrons. The SMILES string of the molecule is S=c1nc(-c2cncc(N3CCCCCC3)n2)[nH]n1C[NH+]1CCOCC1. The summed E-state index contributed by atoms with van der Waals surface area (Å²) in [5, 5.41) is 3.31. The van der Waals surface area contributed by atoms with Crippen LogP contribution in [0.1, 0.15) is 25.7 Å². The first-order valence-corrected chi connectivity index (χ1v) is 9.86. The zero-order valence-corrected chi connectivity index (χ0v) is 15.8. The van der Waals surface area contributed by atoms with Crippen molar-refractivity contribution >= 4 is 18.0 Å². The topological polar surface area (TPSA) is 76.3 Å². The number of nitrogens with zero attached hydrogens (tertiary/aromatic N) is 5. The molecule has 0 atom stereocenters. The van der Waals surface area contributed by atoms with Gasteiger partial charge in [-0.05, 0) is 25.1 Å². The van der Waals surface area contributed by atoms with E-state index in [1.165, 1.54) is 30.6 Å². The van der Waals surface area contributed by atoms with Crippen molar-refractivity contribution in [3.63, 3.8) is 0 Å². The fourth-order valence-electron chi connectivity index (χ4n) is 3.54. The number of rotatable bonds is 4. The normalized spacial score (nSPS) is 19.5. The first kappa shape index (κ1) is 17.6. The molecule has 0 saturated carbocycles. The van der Waals surface area contributed by atoms with Crippen LogP contribution in [0.15, 0.2) is 12.4 Å². The molecule has 4 rings (SSSR count). The molecule has 2 saturated heterocycles. The van der Waals surface area contributed by atoms with Gasteiger partial charge in [0, 0.05) is 13.1 Å². The monoisotopic (exact) mass is 376 g/mol. The summed E-state index contributed by atoms with van der Waals surface area (Å²) in [6, 6.07) is 0. The average molecular weight is 377 g/mol. The van der Waals surface area contributed by atoms with Gasteiger partial charge in [0.1, 0.15) is 24.6 Å². The average Bonchev–Trinajstić information content (AvgIpc) is 2.88. The molecule has 2 aliphatic rings. The maximum absolute atomic E-state index is 5.43. The van der Waals surface area contributed by atoms with E-state index in [2.05, 4.69) is 20.0 Å². The molecule has 0 unspecified atom stereocenters. The Morgan fingerprint density at radius 3 is 2.62 bits per heavy atom. The van der Waals surface area contributed by atoms with Crippen LogP contribution in [0.3, 0.4) is 0 Å². The lowest BCUT2D eigenvalue weighted by Crippen LogP contribution is -3.13. The number of H-pyrrole nitrogens is 1. The number of anilines is 1. The lowest BCUT2D eigenvalue weighted by Gasteiger charge is -2.23. The van der Waals surface area contributed by atoms with Gasteiger partial charge in [-0.25, -0.2) is 9.67 Å². The molecule has 9 heteroatoms. The standard InChI is InChI=1S/C17H25N7OS/c26-17-20-16(21-24(17)13-22-7-9-25-10-8-22)14-11-18-12-15(19-14)23-5-3-1-2-4-6-23/h11-12H,1-10,13H2,(H,20,21,26)/p+1. The molecular formula is C17H26N7OS+. The van der Waals surface area contributed by atoms with Crippen LogP contribution in [0.2, 0.25) is 0 Å². The summed E-state index contributed by atoms with van der Waals surface area (Å²) < 4.78 is 7.90. The Bertz CT molecular complexity index is 775. The first-order chi connectivity index (χ1) is 12.8. The molecule has 8 nitrogen and oxygen atoms in total. The number of ether oxygens (including phenoxy) is 1. The second kappa shape index (κ2) is 8.24. The summed E-state index contributed by atoms with van der Waals surface area (Å²) in [4.78, 5) is 17.5. The molecule has 4 heterocycles. The van der Waals surface area contributed by atoms with Gasteiger partial charge in [0.25, 0.3) is 0 Å². The fourth-order valence-corrected chi connectivity index (χ4v) is 3.74. The molecule has 0 aromatic carbocycles. The van der Waals surface area contributed by atoms with E-state index in [9.17, 15) is 0 Å². The Labute approximate surface area is 158 Å². The molecule has 2 fully saturated rings. The molecular weight excluding hydrogens is 350 g/mol. The quantitative estimate of drug-likeness (QED) is 0.763. The minimum absolute atomic E-state index is 0.556. The van der Waals surface area contributed by atoms with Crippen molar-refractivity contribution < 1.29 is 9.64 Å². The highest BCUT2D eigenvalue weighted by atomic mass is 32.1. The minimum atomic E-state index is 0.556. The van der Waals surface area contributed by atoms with Gasteiger partial charge in [0.05, 0.1) is 25.6 Å². The van der Waals surface area contributed by atoms with Gasteiger partial charge >= 0.3 is 0 Å². The first-order valence-electron chi connectivity index (χ1n) is 9.45. The van der Waals surface area contributed by atoms with Crippen molar-refractivity contribution in [3.8, 4) is 11.5 Å². The van der Waals surface area contributed by atoms with Gasteiger partial charge in [-0.1, -0.05) is 12.8 Å². The fraction of sp³-hybridized carbons (Fsp3) is 0.647. The van der Waals surface area contributed by atoms with Crippen LogP contribution in [0.5, 0.6) is 0 Å². The summed E-state index contributed by atoms with van der Waals surface area (Å²) in [6.07, 6.45) is 8.62. The van der Waals surface area contributed by atoms with Gasteiger partial charge in [-0.2, -0.15) is 4.98 Å². The van der Waals surface area contributed by atoms with Crippen molar-refractivity contribution in [2.24, 2.45) is 0 Å². The second-order valence-corrected chi connectivity index (χ2v) is 7.33. The number of nitrogens with one attached hydrogen (secondary N) is 2. The third kappa shape index (κ3) is 4.11. The van der Waals surface area contributed by atoms with E-state index in [-0.39, 0.29) is 0 Å². The molecule has 140 valence electrons. The number of aromatic nitrogens is 5. The molecule has 0 spiro atoms. The Hall–Kier alpha value is -1.84. The van der Waals surface area contributed by atoms with Crippen molar-refractivity contribution in [2.45, 2.75) is 32.4 Å². The minimum Gasteiger partial charge on any atom is -0.370 e. The number of aromatic amines is 1. The maximum Gasteiger partial charge on any atom is 0.221 e. The summed E-state index contributed by atoms with van der Waals surface area (Å²) >= 11 is 5.43. The summed E-state index contributed by atoms with van der Waals surface area (Å²) in [5.74, 6) is 1.61. The summed E-state index contributed by atoms with van der Waals surface area (Å²) in [7, 11) is 0. The predicted octanol–water partition coefficient (Wildman–Crippen LogP) is 0.651. The van der Waals surface area contributed by atoms with Gasteiger partial charge in [-0.15, -0.1) is 0 Å². The van der Waals surface area contributed by atoms with Crippen LogP contribution in [0.4, 0.5) is 5.82 Å². The summed E-state index contributed by atoms with van der Waals surface area (Å²) in [6.45, 7) is 6.43. The highest BCUT2D eigenvalue weighted by molar-refractivity contribution is 7.71. The third-order valence-corrected chi connectivity index (χ3v) is 5.37. The Kier molecular flexibility index (Phi) is 5.57. The Morgan fingerprint density at radius 2 is 1.85 bits per heavy atom. The van der Waals surface area contributed by atoms with E-state index in [0.29, 0.717) is 10.6 Å². The largest absolute Gasteiger partial charge is 0.370 e. The number of quaternary nitrogens is 1. The Balaban J connectivity index is 1.53. The van der Waals surface area contributed by atoms with E-state index in [4.69, 9.17) is 21.9 Å². The lowest BCUT2D eigenvalue weighted by atomic mass is 10.2. The molecule has 2 aliphatic heterocycles. The molecule has 2 aromatic heterocycles. The van der Waals surface area contributed by atoms with E-state index >= 15 is 0 Å². The summed E-state index contributed by atoms with van der Waals surface area (Å²) in [5.41, 5.74) is 0.744. The van der Waals surface area contributed by atoms with Gasteiger partial charge in [-0.3, -0.25) is 10.1 Å². The number of hydrogen-bond donors (Lipinski definition) is 2. The molecule has 2 N–H and O–H groups in total. The smallest absolute Gasteiger partial charge is 0.221 e. The van der Waals surface area contributed by atoms with Crippen molar-refractivity contribution in [2.75, 3.05) is 44.3 Å². The molecule has 0 aliphatic carbocycles. The molecule has 26 heavy (non-hydrogen) atoms. The van der Waals surface area contributed by atoms with E-state index in [1.807, 2.05) is 10.9 Å². The van der Waals surface area contributed by atoms with E-state index < -0.39 is 0 Å². The van der Waals surface area contributed by atoms with Crippen molar-refractivity contribution in [3.05, 3.63) is 17.2 Å². The zero-order valence-electron chi connectivity index (χ0n) is 15.0. The zero-order chi connectivity index (χ0) is 17.8. The highest BCUT2D eigenvalue weighted by Gasteiger charge is 2.17. The second-order valence-electron chi connectivity index (χ2n) is 6.97. The van der Waals surface area contributed by atoms with E-state index in [0.717, 1.165) is 57.6 Å². The molecule has 0 bridgehead atoms. The van der Waals surface area contributed by atoms with Crippen LogP contribution in [-0.4, -0.2) is 64.1 Å². The molecule has 2 aromatic rings. The van der Waals surface area contributed by atoms with Crippen molar-refractivity contribution in [1.29, 1.82) is 0 Å². The van der Waals surface area contributed by atoms with Gasteiger partial charge in [0.2, 0.25) is 4.77 Å². The highest BCUT2D eigenvalue weighted by Crippen LogP contribution is 2.19. The lowest BCUT2D eigenvalue weighted by molar-refractivity contribution is -0.930. The number of morpholine rings is 1. The van der Waals surface area contributed by atoms with Gasteiger partial charge < -0.3 is 14.5 Å². The molecule has 0 amide bonds. The van der Waals surface area contributed by atoms with Crippen molar-refractivity contribution in [1.82, 2.24) is 24.7 Å². The maximum atomic E-state index is 5.43. The van der Waals surface area contributed by atoms with Crippen LogP contribution >= 0.6 is 12.2 Å². The number of hydrogen-bond acceptors (Lipinski definition) is 6.